The number of hydrogen-bond donors (Lipinski definition) is 2. The number of fused-ring (bicyclic) bond motifs is 3. The van der Waals surface area contributed by atoms with Crippen LogP contribution in [0.3, 0.4) is 0 Å². The minimum atomic E-state index is -0.358. The zero-order valence-electron chi connectivity index (χ0n) is 12.3. The normalized spacial score (nSPS) is 24.6. The maximum atomic E-state index is 11.0. The Bertz CT molecular complexity index is 816. The predicted octanol–water partition coefficient (Wildman–Crippen LogP) is 4.13. The van der Waals surface area contributed by atoms with Crippen molar-refractivity contribution in [3.05, 3.63) is 75.9 Å². The summed E-state index contributed by atoms with van der Waals surface area (Å²) in [5, 5.41) is 24.7. The number of nitrogens with one attached hydrogen (secondary N) is 1. The average Bonchev–Trinajstić information content (AvgIpc) is 3.04. The van der Waals surface area contributed by atoms with Gasteiger partial charge in [0.15, 0.2) is 0 Å². The van der Waals surface area contributed by atoms with Crippen LogP contribution < -0.4 is 5.32 Å². The molecule has 0 saturated carbocycles. The van der Waals surface area contributed by atoms with Gasteiger partial charge in [-0.05, 0) is 30.0 Å². The molecule has 3 atom stereocenters. The molecule has 23 heavy (non-hydrogen) atoms. The largest absolute Gasteiger partial charge is 0.508 e. The van der Waals surface area contributed by atoms with Gasteiger partial charge in [0.2, 0.25) is 0 Å². The van der Waals surface area contributed by atoms with Gasteiger partial charge in [-0.3, -0.25) is 10.1 Å². The van der Waals surface area contributed by atoms with Crippen LogP contribution in [-0.4, -0.2) is 10.0 Å². The fourth-order valence-electron chi connectivity index (χ4n) is 3.75. The maximum absolute atomic E-state index is 11.0. The summed E-state index contributed by atoms with van der Waals surface area (Å²) in [7, 11) is 0. The highest BCUT2D eigenvalue weighted by Gasteiger charge is 2.39. The van der Waals surface area contributed by atoms with Gasteiger partial charge in [-0.2, -0.15) is 0 Å². The third kappa shape index (κ3) is 2.16. The highest BCUT2D eigenvalue weighted by atomic mass is 16.6. The van der Waals surface area contributed by atoms with E-state index < -0.39 is 0 Å². The van der Waals surface area contributed by atoms with Gasteiger partial charge in [0, 0.05) is 29.3 Å². The van der Waals surface area contributed by atoms with Gasteiger partial charge < -0.3 is 10.4 Å². The summed E-state index contributed by atoms with van der Waals surface area (Å²) >= 11 is 0. The molecule has 0 saturated heterocycles. The summed E-state index contributed by atoms with van der Waals surface area (Å²) in [6.07, 6.45) is 5.14. The molecule has 0 bridgehead atoms. The number of nitro benzene ring substituents is 1. The monoisotopic (exact) mass is 308 g/mol. The van der Waals surface area contributed by atoms with E-state index in [2.05, 4.69) is 17.5 Å². The van der Waals surface area contributed by atoms with Crippen LogP contribution in [0.15, 0.2) is 54.6 Å². The lowest BCUT2D eigenvalue weighted by atomic mass is 9.76. The van der Waals surface area contributed by atoms with Crippen molar-refractivity contribution in [1.29, 1.82) is 0 Å². The van der Waals surface area contributed by atoms with Crippen LogP contribution in [0.4, 0.5) is 11.4 Å². The molecule has 2 aliphatic rings. The third-order valence-electron chi connectivity index (χ3n) is 4.83. The first kappa shape index (κ1) is 13.8. The van der Waals surface area contributed by atoms with Crippen molar-refractivity contribution in [2.75, 3.05) is 5.32 Å². The van der Waals surface area contributed by atoms with E-state index >= 15 is 0 Å². The fraction of sp³-hybridized carbons (Fsp3) is 0.222. The summed E-state index contributed by atoms with van der Waals surface area (Å²) in [5.74, 6) is 0.662. The van der Waals surface area contributed by atoms with Crippen LogP contribution in [0.25, 0.3) is 0 Å². The second-order valence-corrected chi connectivity index (χ2v) is 6.06. The molecule has 2 aromatic carbocycles. The Morgan fingerprint density at radius 3 is 2.78 bits per heavy atom. The topological polar surface area (TPSA) is 75.4 Å². The summed E-state index contributed by atoms with van der Waals surface area (Å²) in [4.78, 5) is 10.7. The quantitative estimate of drug-likeness (QED) is 0.497. The van der Waals surface area contributed by atoms with Gasteiger partial charge >= 0.3 is 0 Å². The van der Waals surface area contributed by atoms with Crippen LogP contribution in [-0.2, 0) is 0 Å². The molecule has 0 radical (unpaired) electrons. The van der Waals surface area contributed by atoms with Crippen LogP contribution >= 0.6 is 0 Å². The predicted molar refractivity (Wildman–Crippen MR) is 87.6 cm³/mol. The number of benzene rings is 2. The van der Waals surface area contributed by atoms with Crippen molar-refractivity contribution in [2.24, 2.45) is 5.92 Å². The number of allylic oxidation sites excluding steroid dienone is 2. The number of non-ortho nitro benzene ring substituents is 1. The smallest absolute Gasteiger partial charge is 0.269 e. The standard InChI is InChI=1S/C18H16N2O3/c21-17-7-2-1-4-14(17)18-13-6-3-5-12(13)15-10-11(20(22)23)8-9-16(15)19-18/h1-5,7-10,12-13,18-19,21H,6H2. The number of aromatic hydroxyl groups is 1. The first-order chi connectivity index (χ1) is 11.1. The van der Waals surface area contributed by atoms with E-state index in [0.717, 1.165) is 23.2 Å². The van der Waals surface area contributed by atoms with Crippen molar-refractivity contribution in [2.45, 2.75) is 18.4 Å². The van der Waals surface area contributed by atoms with Crippen LogP contribution in [0.5, 0.6) is 5.75 Å². The minimum Gasteiger partial charge on any atom is -0.508 e. The molecule has 5 heteroatoms. The molecule has 1 aliphatic carbocycles. The number of para-hydroxylation sites is 1. The molecule has 2 aromatic rings. The molecular weight excluding hydrogens is 292 g/mol. The molecule has 1 heterocycles. The fourth-order valence-corrected chi connectivity index (χ4v) is 3.75. The highest BCUT2D eigenvalue weighted by Crippen LogP contribution is 2.51. The summed E-state index contributed by atoms with van der Waals surface area (Å²) in [5.41, 5.74) is 2.85. The SMILES string of the molecule is O=[N+]([O-])c1ccc2c(c1)C1C=CCC1C(c1ccccc1O)N2. The molecule has 5 nitrogen and oxygen atoms in total. The molecule has 1 aliphatic heterocycles. The Hall–Kier alpha value is -2.82. The van der Waals surface area contributed by atoms with Crippen LogP contribution in [0.1, 0.15) is 29.5 Å². The Kier molecular flexibility index (Phi) is 3.08. The number of nitrogens with zero attached hydrogens (tertiary/aromatic N) is 1. The molecule has 2 N–H and O–H groups in total. The lowest BCUT2D eigenvalue weighted by molar-refractivity contribution is -0.384. The number of nitro groups is 1. The summed E-state index contributed by atoms with van der Waals surface area (Å²) < 4.78 is 0. The third-order valence-corrected chi connectivity index (χ3v) is 4.83. The first-order valence-electron chi connectivity index (χ1n) is 7.64. The molecular formula is C18H16N2O3. The molecule has 0 fully saturated rings. The van der Waals surface area contributed by atoms with Gasteiger partial charge in [-0.15, -0.1) is 0 Å². The number of phenols is 1. The average molecular weight is 308 g/mol. The van der Waals surface area contributed by atoms with Crippen molar-refractivity contribution < 1.29 is 10.0 Å². The van der Waals surface area contributed by atoms with E-state index in [-0.39, 0.29) is 34.2 Å². The van der Waals surface area contributed by atoms with Gasteiger partial charge in [0.1, 0.15) is 5.75 Å². The molecule has 0 spiro atoms. The summed E-state index contributed by atoms with van der Waals surface area (Å²) in [6.45, 7) is 0. The van der Waals surface area contributed by atoms with Crippen molar-refractivity contribution in [1.82, 2.24) is 0 Å². The summed E-state index contributed by atoms with van der Waals surface area (Å²) in [6, 6.07) is 12.3. The van der Waals surface area contributed by atoms with E-state index in [9.17, 15) is 15.2 Å². The molecule has 0 amide bonds. The zero-order chi connectivity index (χ0) is 16.0. The lowest BCUT2D eigenvalue weighted by Gasteiger charge is -2.37. The molecule has 116 valence electrons. The minimum absolute atomic E-state index is 0.00911. The van der Waals surface area contributed by atoms with E-state index in [1.807, 2.05) is 18.2 Å². The Morgan fingerprint density at radius 1 is 1.17 bits per heavy atom. The van der Waals surface area contributed by atoms with E-state index in [1.54, 1.807) is 18.2 Å². The van der Waals surface area contributed by atoms with Crippen molar-refractivity contribution >= 4 is 11.4 Å². The first-order valence-corrected chi connectivity index (χ1v) is 7.64. The van der Waals surface area contributed by atoms with E-state index in [0.29, 0.717) is 0 Å². The number of hydrogen-bond acceptors (Lipinski definition) is 4. The van der Waals surface area contributed by atoms with Gasteiger partial charge in [0.05, 0.1) is 11.0 Å². The van der Waals surface area contributed by atoms with Crippen LogP contribution in [0, 0.1) is 16.0 Å². The van der Waals surface area contributed by atoms with Gasteiger partial charge in [0.25, 0.3) is 5.69 Å². The molecule has 0 aromatic heterocycles. The lowest BCUT2D eigenvalue weighted by Crippen LogP contribution is -2.29. The van der Waals surface area contributed by atoms with Gasteiger partial charge in [-0.1, -0.05) is 30.4 Å². The van der Waals surface area contributed by atoms with Crippen molar-refractivity contribution in [3.8, 4) is 5.75 Å². The second-order valence-electron chi connectivity index (χ2n) is 6.06. The highest BCUT2D eigenvalue weighted by molar-refractivity contribution is 5.63. The molecule has 3 unspecified atom stereocenters. The van der Waals surface area contributed by atoms with Crippen LogP contribution in [0.2, 0.25) is 0 Å². The maximum Gasteiger partial charge on any atom is 0.269 e. The Morgan fingerprint density at radius 2 is 2.00 bits per heavy atom. The number of rotatable bonds is 2. The molecule has 4 rings (SSSR count). The van der Waals surface area contributed by atoms with Gasteiger partial charge in [-0.25, -0.2) is 0 Å². The Balaban J connectivity index is 1.81. The number of anilines is 1. The Labute approximate surface area is 133 Å². The second kappa shape index (κ2) is 5.12. The van der Waals surface area contributed by atoms with E-state index in [4.69, 9.17) is 0 Å². The van der Waals surface area contributed by atoms with Crippen molar-refractivity contribution in [3.63, 3.8) is 0 Å². The van der Waals surface area contributed by atoms with E-state index in [1.165, 1.54) is 6.07 Å². The zero-order valence-corrected chi connectivity index (χ0v) is 12.3. The number of phenolic OH excluding ortho intramolecular Hbond substituents is 1.